The summed E-state index contributed by atoms with van der Waals surface area (Å²) >= 11 is 0. The SMILES string of the molecule is CCC(c1nnnn1C1CCCCC1)N(Cc1cc2cc(C)cc(C)c2[nH]c1=O)CC1CCCO1. The second-order valence-corrected chi connectivity index (χ2v) is 10.4. The van der Waals surface area contributed by atoms with Crippen LogP contribution in [0, 0.1) is 13.8 Å². The molecule has 1 aromatic carbocycles. The first-order valence-corrected chi connectivity index (χ1v) is 13.3. The van der Waals surface area contributed by atoms with Gasteiger partial charge in [0.15, 0.2) is 5.82 Å². The third-order valence-electron chi connectivity index (χ3n) is 7.77. The number of nitrogens with one attached hydrogen (secondary N) is 1. The van der Waals surface area contributed by atoms with Gasteiger partial charge in [-0.2, -0.15) is 0 Å². The van der Waals surface area contributed by atoms with Gasteiger partial charge in [0.1, 0.15) is 0 Å². The van der Waals surface area contributed by atoms with Crippen LogP contribution in [0.15, 0.2) is 23.0 Å². The van der Waals surface area contributed by atoms with Crippen LogP contribution in [0.25, 0.3) is 10.9 Å². The van der Waals surface area contributed by atoms with Gasteiger partial charge in [-0.1, -0.05) is 37.8 Å². The van der Waals surface area contributed by atoms with Crippen LogP contribution >= 0.6 is 0 Å². The number of rotatable bonds is 8. The zero-order valence-corrected chi connectivity index (χ0v) is 21.3. The Morgan fingerprint density at radius 2 is 1.97 bits per heavy atom. The zero-order valence-electron chi connectivity index (χ0n) is 21.3. The summed E-state index contributed by atoms with van der Waals surface area (Å²) in [6.07, 6.45) is 9.18. The number of pyridine rings is 1. The Balaban J connectivity index is 1.50. The molecule has 2 aliphatic rings. The van der Waals surface area contributed by atoms with E-state index in [9.17, 15) is 4.79 Å². The highest BCUT2D eigenvalue weighted by molar-refractivity contribution is 5.82. The van der Waals surface area contributed by atoms with Crippen LogP contribution in [-0.4, -0.2) is 49.3 Å². The summed E-state index contributed by atoms with van der Waals surface area (Å²) in [6, 6.07) is 6.70. The Kier molecular flexibility index (Phi) is 7.29. The summed E-state index contributed by atoms with van der Waals surface area (Å²) < 4.78 is 8.10. The first-order valence-electron chi connectivity index (χ1n) is 13.3. The average Bonchev–Trinajstić information content (AvgIpc) is 3.54. The van der Waals surface area contributed by atoms with E-state index in [-0.39, 0.29) is 17.7 Å². The standard InChI is InChI=1S/C27H38N6O2/c1-4-24(26-29-30-31-33(26)22-9-6-5-7-10-22)32(17-23-11-8-12-35-23)16-21-15-20-14-18(2)13-19(3)25(20)28-27(21)34/h13-15,22-24H,4-12,16-17H2,1-3H3,(H,28,34). The molecule has 8 heteroatoms. The highest BCUT2D eigenvalue weighted by atomic mass is 16.5. The summed E-state index contributed by atoms with van der Waals surface area (Å²) in [5.41, 5.74) is 3.96. The van der Waals surface area contributed by atoms with Crippen molar-refractivity contribution in [1.29, 1.82) is 0 Å². The Hall–Kier alpha value is -2.58. The third-order valence-corrected chi connectivity index (χ3v) is 7.77. The Bertz CT molecular complexity index is 1210. The maximum Gasteiger partial charge on any atom is 0.252 e. The molecule has 2 aromatic heterocycles. The highest BCUT2D eigenvalue weighted by Gasteiger charge is 2.31. The molecule has 1 aliphatic carbocycles. The number of benzene rings is 1. The summed E-state index contributed by atoms with van der Waals surface area (Å²) in [4.78, 5) is 18.7. The Morgan fingerprint density at radius 3 is 2.71 bits per heavy atom. The molecule has 2 atom stereocenters. The van der Waals surface area contributed by atoms with Crippen molar-refractivity contribution < 1.29 is 4.74 Å². The van der Waals surface area contributed by atoms with E-state index in [1.54, 1.807) is 0 Å². The molecule has 2 unspecified atom stereocenters. The molecule has 35 heavy (non-hydrogen) atoms. The van der Waals surface area contributed by atoms with Crippen molar-refractivity contribution in [2.24, 2.45) is 0 Å². The van der Waals surface area contributed by atoms with Gasteiger partial charge in [0, 0.05) is 25.3 Å². The zero-order chi connectivity index (χ0) is 24.4. The summed E-state index contributed by atoms with van der Waals surface area (Å²) in [7, 11) is 0. The van der Waals surface area contributed by atoms with Gasteiger partial charge in [-0.15, -0.1) is 5.10 Å². The van der Waals surface area contributed by atoms with Crippen molar-refractivity contribution in [2.75, 3.05) is 13.2 Å². The largest absolute Gasteiger partial charge is 0.377 e. The molecule has 5 rings (SSSR count). The quantitative estimate of drug-likeness (QED) is 0.502. The fourth-order valence-corrected chi connectivity index (χ4v) is 6.03. The second kappa shape index (κ2) is 10.6. The molecule has 188 valence electrons. The van der Waals surface area contributed by atoms with Gasteiger partial charge >= 0.3 is 0 Å². The number of fused-ring (bicyclic) bond motifs is 1. The molecule has 0 spiro atoms. The number of aromatic nitrogens is 5. The minimum atomic E-state index is -0.0245. The van der Waals surface area contributed by atoms with Crippen LogP contribution in [0.5, 0.6) is 0 Å². The minimum Gasteiger partial charge on any atom is -0.377 e. The molecule has 1 aliphatic heterocycles. The number of hydrogen-bond acceptors (Lipinski definition) is 6. The van der Waals surface area contributed by atoms with Crippen LogP contribution in [-0.2, 0) is 11.3 Å². The van der Waals surface area contributed by atoms with Gasteiger partial charge in [0.2, 0.25) is 0 Å². The van der Waals surface area contributed by atoms with Crippen molar-refractivity contribution in [2.45, 2.75) is 96.9 Å². The van der Waals surface area contributed by atoms with Gasteiger partial charge in [0.25, 0.3) is 5.56 Å². The molecular weight excluding hydrogens is 440 g/mol. The molecule has 0 radical (unpaired) electrons. The summed E-state index contributed by atoms with van der Waals surface area (Å²) in [5.74, 6) is 0.918. The lowest BCUT2D eigenvalue weighted by molar-refractivity contribution is 0.0481. The van der Waals surface area contributed by atoms with E-state index in [0.29, 0.717) is 12.6 Å². The van der Waals surface area contributed by atoms with Crippen LogP contribution in [0.2, 0.25) is 0 Å². The topological polar surface area (TPSA) is 88.9 Å². The number of hydrogen-bond donors (Lipinski definition) is 1. The van der Waals surface area contributed by atoms with E-state index in [0.717, 1.165) is 73.1 Å². The van der Waals surface area contributed by atoms with E-state index < -0.39 is 0 Å². The van der Waals surface area contributed by atoms with E-state index in [4.69, 9.17) is 4.74 Å². The first-order chi connectivity index (χ1) is 17.0. The second-order valence-electron chi connectivity index (χ2n) is 10.4. The van der Waals surface area contributed by atoms with Crippen molar-refractivity contribution in [3.8, 4) is 0 Å². The van der Waals surface area contributed by atoms with Crippen LogP contribution in [0.1, 0.15) is 92.9 Å². The van der Waals surface area contributed by atoms with Gasteiger partial charge in [0.05, 0.1) is 23.7 Å². The lowest BCUT2D eigenvalue weighted by Gasteiger charge is -2.33. The van der Waals surface area contributed by atoms with Gasteiger partial charge in [-0.25, -0.2) is 4.68 Å². The number of ether oxygens (including phenoxy) is 1. The van der Waals surface area contributed by atoms with Gasteiger partial charge in [-0.05, 0) is 79.5 Å². The number of aromatic amines is 1. The van der Waals surface area contributed by atoms with Crippen molar-refractivity contribution >= 4 is 10.9 Å². The Morgan fingerprint density at radius 1 is 1.14 bits per heavy atom. The van der Waals surface area contributed by atoms with Gasteiger partial charge < -0.3 is 9.72 Å². The predicted octanol–water partition coefficient (Wildman–Crippen LogP) is 4.77. The normalized spacial score (nSPS) is 20.2. The maximum absolute atomic E-state index is 13.2. The third kappa shape index (κ3) is 5.19. The number of aryl methyl sites for hydroxylation is 2. The minimum absolute atomic E-state index is 0.0190. The van der Waals surface area contributed by atoms with Crippen molar-refractivity contribution in [1.82, 2.24) is 30.1 Å². The fourth-order valence-electron chi connectivity index (χ4n) is 6.03. The summed E-state index contributed by atoms with van der Waals surface area (Å²) in [5, 5.41) is 14.1. The Labute approximate surface area is 207 Å². The van der Waals surface area contributed by atoms with E-state index in [2.05, 4.69) is 62.1 Å². The average molecular weight is 479 g/mol. The van der Waals surface area contributed by atoms with Gasteiger partial charge in [-0.3, -0.25) is 9.69 Å². The highest BCUT2D eigenvalue weighted by Crippen LogP contribution is 2.33. The van der Waals surface area contributed by atoms with Crippen LogP contribution < -0.4 is 5.56 Å². The van der Waals surface area contributed by atoms with E-state index in [1.807, 2.05) is 6.92 Å². The number of tetrazole rings is 1. The predicted molar refractivity (Wildman–Crippen MR) is 136 cm³/mol. The molecule has 1 saturated heterocycles. The molecule has 1 saturated carbocycles. The molecule has 0 amide bonds. The molecule has 8 nitrogen and oxygen atoms in total. The molecular formula is C27H38N6O2. The molecule has 1 N–H and O–H groups in total. The molecule has 3 aromatic rings. The molecule has 2 fully saturated rings. The van der Waals surface area contributed by atoms with E-state index >= 15 is 0 Å². The smallest absolute Gasteiger partial charge is 0.252 e. The lowest BCUT2D eigenvalue weighted by Crippen LogP contribution is -2.38. The monoisotopic (exact) mass is 478 g/mol. The van der Waals surface area contributed by atoms with Crippen LogP contribution in [0.3, 0.4) is 0 Å². The van der Waals surface area contributed by atoms with E-state index in [1.165, 1.54) is 24.8 Å². The summed E-state index contributed by atoms with van der Waals surface area (Å²) in [6.45, 7) is 8.44. The lowest BCUT2D eigenvalue weighted by atomic mass is 9.95. The molecule has 0 bridgehead atoms. The number of H-pyrrole nitrogens is 1. The van der Waals surface area contributed by atoms with Crippen LogP contribution in [0.4, 0.5) is 0 Å². The molecule has 3 heterocycles. The first kappa shape index (κ1) is 24.1. The fraction of sp³-hybridized carbons (Fsp3) is 0.630. The van der Waals surface area contributed by atoms with Crippen molar-refractivity contribution in [3.05, 3.63) is 51.1 Å². The maximum atomic E-state index is 13.2. The number of nitrogens with zero attached hydrogens (tertiary/aromatic N) is 5. The van der Waals surface area contributed by atoms with Crippen molar-refractivity contribution in [3.63, 3.8) is 0 Å².